The highest BCUT2D eigenvalue weighted by atomic mass is 16.5. The molecule has 1 unspecified atom stereocenters. The molecular formula is C21H19N3O3. The molecule has 0 saturated carbocycles. The summed E-state index contributed by atoms with van der Waals surface area (Å²) in [5, 5.41) is 3.83. The lowest BCUT2D eigenvalue weighted by atomic mass is 9.97. The van der Waals surface area contributed by atoms with Crippen LogP contribution in [0.1, 0.15) is 56.9 Å². The number of carbonyl (C=O) groups is 2. The second kappa shape index (κ2) is 7.15. The van der Waals surface area contributed by atoms with Crippen LogP contribution in [0.2, 0.25) is 0 Å². The van der Waals surface area contributed by atoms with Gasteiger partial charge in [0, 0.05) is 17.7 Å². The second-order valence-electron chi connectivity index (χ2n) is 6.58. The molecule has 3 aromatic rings. The van der Waals surface area contributed by atoms with E-state index in [1.54, 1.807) is 48.2 Å². The zero-order chi connectivity index (χ0) is 18.8. The molecule has 2 heterocycles. The number of nitrogens with zero attached hydrogens (tertiary/aromatic N) is 3. The molecular weight excluding hydrogens is 342 g/mol. The average Bonchev–Trinajstić information content (AvgIpc) is 3.36. The molecule has 27 heavy (non-hydrogen) atoms. The van der Waals surface area contributed by atoms with Crippen LogP contribution in [0.15, 0.2) is 59.1 Å². The maximum Gasteiger partial charge on any atom is 0.255 e. The van der Waals surface area contributed by atoms with E-state index in [4.69, 9.17) is 4.52 Å². The standard InChI is InChI=1S/C21H19N3O3/c1-14-22-20(27-23-14)18-12-7-13-24(18)21(26)17-11-6-5-10-16(17)19(25)15-8-3-2-4-9-15/h2-6,8-11,18H,7,12-13H2,1H3. The van der Waals surface area contributed by atoms with Gasteiger partial charge in [-0.15, -0.1) is 0 Å². The highest BCUT2D eigenvalue weighted by Crippen LogP contribution is 2.33. The lowest BCUT2D eigenvalue weighted by Crippen LogP contribution is -2.32. The maximum absolute atomic E-state index is 13.3. The van der Waals surface area contributed by atoms with Crippen molar-refractivity contribution >= 4 is 11.7 Å². The Labute approximate surface area is 156 Å². The first-order valence-corrected chi connectivity index (χ1v) is 8.95. The van der Waals surface area contributed by atoms with Crippen LogP contribution in [0.5, 0.6) is 0 Å². The molecule has 0 aliphatic carbocycles. The van der Waals surface area contributed by atoms with E-state index in [1.165, 1.54) is 0 Å². The van der Waals surface area contributed by atoms with Crippen LogP contribution < -0.4 is 0 Å². The Morgan fingerprint density at radius 2 is 1.74 bits per heavy atom. The third-order valence-corrected chi connectivity index (χ3v) is 4.78. The van der Waals surface area contributed by atoms with Crippen LogP contribution in [0.3, 0.4) is 0 Å². The van der Waals surface area contributed by atoms with Gasteiger partial charge in [-0.25, -0.2) is 0 Å². The van der Waals surface area contributed by atoms with Crippen LogP contribution in [0, 0.1) is 6.92 Å². The SMILES string of the molecule is Cc1noc(C2CCCN2C(=O)c2ccccc2C(=O)c2ccccc2)n1. The van der Waals surface area contributed by atoms with E-state index in [-0.39, 0.29) is 17.7 Å². The summed E-state index contributed by atoms with van der Waals surface area (Å²) in [5.74, 6) is 0.645. The first-order chi connectivity index (χ1) is 13.1. The number of benzene rings is 2. The summed E-state index contributed by atoms with van der Waals surface area (Å²) in [6, 6.07) is 15.7. The average molecular weight is 361 g/mol. The molecule has 0 radical (unpaired) electrons. The first kappa shape index (κ1) is 17.1. The van der Waals surface area contributed by atoms with Gasteiger partial charge in [-0.1, -0.05) is 53.7 Å². The topological polar surface area (TPSA) is 76.3 Å². The number of aryl methyl sites for hydroxylation is 1. The molecule has 0 N–H and O–H groups in total. The number of hydrogen-bond acceptors (Lipinski definition) is 5. The molecule has 4 rings (SSSR count). The fourth-order valence-corrected chi connectivity index (χ4v) is 3.48. The summed E-state index contributed by atoms with van der Waals surface area (Å²) in [7, 11) is 0. The lowest BCUT2D eigenvalue weighted by Gasteiger charge is -2.23. The van der Waals surface area contributed by atoms with Crippen molar-refractivity contribution in [2.24, 2.45) is 0 Å². The highest BCUT2D eigenvalue weighted by Gasteiger charge is 2.35. The molecule has 1 aromatic heterocycles. The van der Waals surface area contributed by atoms with E-state index in [2.05, 4.69) is 10.1 Å². The Morgan fingerprint density at radius 3 is 2.44 bits per heavy atom. The number of hydrogen-bond donors (Lipinski definition) is 0. The van der Waals surface area contributed by atoms with Gasteiger partial charge in [0.25, 0.3) is 5.91 Å². The molecule has 1 aliphatic heterocycles. The molecule has 1 saturated heterocycles. The molecule has 2 aromatic carbocycles. The van der Waals surface area contributed by atoms with E-state index in [1.807, 2.05) is 18.2 Å². The van der Waals surface area contributed by atoms with E-state index >= 15 is 0 Å². The fourth-order valence-electron chi connectivity index (χ4n) is 3.48. The van der Waals surface area contributed by atoms with E-state index < -0.39 is 0 Å². The predicted octanol–water partition coefficient (Wildman–Crippen LogP) is 3.59. The summed E-state index contributed by atoms with van der Waals surface area (Å²) in [6.07, 6.45) is 1.62. The predicted molar refractivity (Wildman–Crippen MR) is 98.4 cm³/mol. The molecule has 1 aliphatic rings. The van der Waals surface area contributed by atoms with Crippen molar-refractivity contribution in [3.8, 4) is 0 Å². The van der Waals surface area contributed by atoms with Crippen LogP contribution in [-0.2, 0) is 0 Å². The molecule has 0 spiro atoms. The molecule has 6 nitrogen and oxygen atoms in total. The van der Waals surface area contributed by atoms with Crippen molar-refractivity contribution in [3.63, 3.8) is 0 Å². The first-order valence-electron chi connectivity index (χ1n) is 8.95. The monoisotopic (exact) mass is 361 g/mol. The zero-order valence-electron chi connectivity index (χ0n) is 15.0. The Kier molecular flexibility index (Phi) is 4.54. The molecule has 6 heteroatoms. The number of carbonyl (C=O) groups excluding carboxylic acids is 2. The van der Waals surface area contributed by atoms with Crippen molar-refractivity contribution < 1.29 is 14.1 Å². The zero-order valence-corrected chi connectivity index (χ0v) is 15.0. The van der Waals surface area contributed by atoms with Gasteiger partial charge in [0.15, 0.2) is 11.6 Å². The highest BCUT2D eigenvalue weighted by molar-refractivity contribution is 6.15. The lowest BCUT2D eigenvalue weighted by molar-refractivity contribution is 0.0706. The van der Waals surface area contributed by atoms with Gasteiger partial charge in [-0.05, 0) is 25.8 Å². The Balaban J connectivity index is 1.67. The molecule has 0 bridgehead atoms. The van der Waals surface area contributed by atoms with E-state index in [0.29, 0.717) is 35.0 Å². The van der Waals surface area contributed by atoms with E-state index in [9.17, 15) is 9.59 Å². The van der Waals surface area contributed by atoms with Crippen molar-refractivity contribution in [2.75, 3.05) is 6.54 Å². The molecule has 1 amide bonds. The summed E-state index contributed by atoms with van der Waals surface area (Å²) >= 11 is 0. The smallest absolute Gasteiger partial charge is 0.255 e. The number of aromatic nitrogens is 2. The van der Waals surface area contributed by atoms with Crippen molar-refractivity contribution in [2.45, 2.75) is 25.8 Å². The Bertz CT molecular complexity index is 981. The van der Waals surface area contributed by atoms with Crippen LogP contribution in [0.4, 0.5) is 0 Å². The summed E-state index contributed by atoms with van der Waals surface area (Å²) < 4.78 is 5.29. The third kappa shape index (κ3) is 3.26. The van der Waals surface area contributed by atoms with Crippen LogP contribution in [-0.4, -0.2) is 33.3 Å². The number of rotatable bonds is 4. The minimum atomic E-state index is -0.251. The quantitative estimate of drug-likeness (QED) is 0.664. The van der Waals surface area contributed by atoms with Gasteiger partial charge in [0.1, 0.15) is 6.04 Å². The minimum Gasteiger partial charge on any atom is -0.337 e. The second-order valence-corrected chi connectivity index (χ2v) is 6.58. The van der Waals surface area contributed by atoms with Gasteiger partial charge in [-0.2, -0.15) is 4.98 Å². The number of ketones is 1. The van der Waals surface area contributed by atoms with Crippen molar-refractivity contribution in [1.82, 2.24) is 15.0 Å². The van der Waals surface area contributed by atoms with Gasteiger partial charge < -0.3 is 9.42 Å². The normalized spacial score (nSPS) is 16.5. The number of amides is 1. The van der Waals surface area contributed by atoms with Gasteiger partial charge >= 0.3 is 0 Å². The van der Waals surface area contributed by atoms with Crippen molar-refractivity contribution in [1.29, 1.82) is 0 Å². The Hall–Kier alpha value is -3.28. The van der Waals surface area contributed by atoms with Gasteiger partial charge in [0.05, 0.1) is 5.56 Å². The fraction of sp³-hybridized carbons (Fsp3) is 0.238. The summed E-state index contributed by atoms with van der Waals surface area (Å²) in [6.45, 7) is 2.35. The molecule has 1 atom stereocenters. The van der Waals surface area contributed by atoms with E-state index in [0.717, 1.165) is 12.8 Å². The van der Waals surface area contributed by atoms with Crippen LogP contribution >= 0.6 is 0 Å². The summed E-state index contributed by atoms with van der Waals surface area (Å²) in [4.78, 5) is 32.2. The third-order valence-electron chi connectivity index (χ3n) is 4.78. The van der Waals surface area contributed by atoms with Gasteiger partial charge in [-0.3, -0.25) is 9.59 Å². The Morgan fingerprint density at radius 1 is 1.04 bits per heavy atom. The van der Waals surface area contributed by atoms with Gasteiger partial charge in [0.2, 0.25) is 5.89 Å². The number of likely N-dealkylation sites (tertiary alicyclic amines) is 1. The molecule has 136 valence electrons. The maximum atomic E-state index is 13.3. The van der Waals surface area contributed by atoms with Crippen molar-refractivity contribution in [3.05, 3.63) is 83.0 Å². The minimum absolute atomic E-state index is 0.163. The van der Waals surface area contributed by atoms with Crippen LogP contribution in [0.25, 0.3) is 0 Å². The molecule has 1 fully saturated rings. The largest absolute Gasteiger partial charge is 0.337 e. The summed E-state index contributed by atoms with van der Waals surface area (Å²) in [5.41, 5.74) is 1.36.